The third-order valence-corrected chi connectivity index (χ3v) is 5.04. The summed E-state index contributed by atoms with van der Waals surface area (Å²) in [4.78, 5) is 17.8. The number of carbonyl (C=O) groups is 1. The van der Waals surface area contributed by atoms with Crippen molar-refractivity contribution in [2.45, 2.75) is 19.5 Å². The van der Waals surface area contributed by atoms with Crippen LogP contribution in [0.5, 0.6) is 0 Å². The molecule has 0 aromatic heterocycles. The summed E-state index contributed by atoms with van der Waals surface area (Å²) in [5.41, 5.74) is 3.07. The second-order valence-corrected chi connectivity index (χ2v) is 7.12. The first kappa shape index (κ1) is 25.4. The number of hydrogen-bond donors (Lipinski definition) is 2. The van der Waals surface area contributed by atoms with E-state index in [1.165, 1.54) is 5.56 Å². The molecule has 2 aromatic rings. The first-order valence-electron chi connectivity index (χ1n) is 9.75. The topological polar surface area (TPSA) is 47.6 Å². The van der Waals surface area contributed by atoms with Gasteiger partial charge in [0.25, 0.3) is 0 Å². The molecule has 2 N–H and O–H groups in total. The zero-order valence-electron chi connectivity index (χ0n) is 17.1. The summed E-state index contributed by atoms with van der Waals surface area (Å²) in [6.07, 6.45) is 0. The molecule has 1 aliphatic rings. The maximum atomic E-state index is 13.2. The summed E-state index contributed by atoms with van der Waals surface area (Å²) in [6.45, 7) is 7.57. The largest absolute Gasteiger partial charge is 0.324 e. The Morgan fingerprint density at radius 1 is 1.00 bits per heavy atom. The molecule has 7 heteroatoms. The minimum atomic E-state index is -0.266. The molecular formula is C22H32Cl2N4O. The van der Waals surface area contributed by atoms with Crippen LogP contribution in [0.1, 0.15) is 24.1 Å². The number of nitrogens with one attached hydrogen (secondary N) is 2. The summed E-state index contributed by atoms with van der Waals surface area (Å²) >= 11 is 0. The molecule has 3 rings (SSSR count). The van der Waals surface area contributed by atoms with Crippen LogP contribution in [0, 0.1) is 0 Å². The summed E-state index contributed by atoms with van der Waals surface area (Å²) < 4.78 is 0. The van der Waals surface area contributed by atoms with Gasteiger partial charge < -0.3 is 15.5 Å². The van der Waals surface area contributed by atoms with Crippen molar-refractivity contribution in [1.82, 2.24) is 15.1 Å². The highest BCUT2D eigenvalue weighted by atomic mass is 35.5. The van der Waals surface area contributed by atoms with Crippen LogP contribution in [0.4, 0.5) is 5.69 Å². The predicted molar refractivity (Wildman–Crippen MR) is 125 cm³/mol. The van der Waals surface area contributed by atoms with Crippen molar-refractivity contribution in [3.05, 3.63) is 65.7 Å². The molecule has 1 aliphatic heterocycles. The molecule has 1 amide bonds. The third kappa shape index (κ3) is 7.28. The molecule has 160 valence electrons. The highest BCUT2D eigenvalue weighted by Crippen LogP contribution is 2.24. The smallest absolute Gasteiger partial charge is 0.246 e. The molecule has 5 nitrogen and oxygen atoms in total. The Hall–Kier alpha value is -1.63. The number of piperazine rings is 1. The van der Waals surface area contributed by atoms with E-state index in [4.69, 9.17) is 0 Å². The van der Waals surface area contributed by atoms with E-state index in [0.29, 0.717) is 0 Å². The lowest BCUT2D eigenvalue weighted by Crippen LogP contribution is -2.48. The van der Waals surface area contributed by atoms with Crippen LogP contribution in [0.3, 0.4) is 0 Å². The van der Waals surface area contributed by atoms with Gasteiger partial charge in [0.05, 0.1) is 0 Å². The molecular weight excluding hydrogens is 407 g/mol. The molecule has 0 aliphatic carbocycles. The number of hydrogen-bond acceptors (Lipinski definition) is 4. The van der Waals surface area contributed by atoms with Crippen molar-refractivity contribution in [3.63, 3.8) is 0 Å². The minimum absolute atomic E-state index is 0. The summed E-state index contributed by atoms with van der Waals surface area (Å²) in [5, 5.41) is 6.47. The Bertz CT molecular complexity index is 737. The maximum absolute atomic E-state index is 13.2. The van der Waals surface area contributed by atoms with Crippen LogP contribution < -0.4 is 10.6 Å². The van der Waals surface area contributed by atoms with Crippen molar-refractivity contribution in [2.75, 3.05) is 45.1 Å². The van der Waals surface area contributed by atoms with Gasteiger partial charge in [0.1, 0.15) is 6.04 Å². The molecule has 1 unspecified atom stereocenters. The second kappa shape index (κ2) is 12.8. The molecule has 1 heterocycles. The lowest BCUT2D eigenvalue weighted by Gasteiger charge is -2.37. The Balaban J connectivity index is 0.00000210. The number of halogens is 2. The van der Waals surface area contributed by atoms with Crippen LogP contribution in [0.15, 0.2) is 54.6 Å². The van der Waals surface area contributed by atoms with Crippen molar-refractivity contribution >= 4 is 36.4 Å². The summed E-state index contributed by atoms with van der Waals surface area (Å²) in [7, 11) is 2.13. The fourth-order valence-electron chi connectivity index (χ4n) is 3.48. The lowest BCUT2D eigenvalue weighted by atomic mass is 10.0. The number of likely N-dealkylation sites (N-methyl/N-ethyl adjacent to an activating group) is 1. The molecule has 1 atom stereocenters. The third-order valence-electron chi connectivity index (χ3n) is 5.04. The van der Waals surface area contributed by atoms with Gasteiger partial charge in [-0.15, -0.1) is 24.8 Å². The zero-order chi connectivity index (χ0) is 19.1. The Labute approximate surface area is 186 Å². The Kier molecular flexibility index (Phi) is 11.2. The van der Waals surface area contributed by atoms with Crippen molar-refractivity contribution in [1.29, 1.82) is 0 Å². The Morgan fingerprint density at radius 2 is 1.69 bits per heavy atom. The highest BCUT2D eigenvalue weighted by molar-refractivity contribution is 5.95. The van der Waals surface area contributed by atoms with Crippen LogP contribution in [-0.4, -0.2) is 55.5 Å². The van der Waals surface area contributed by atoms with Gasteiger partial charge in [-0.2, -0.15) is 0 Å². The van der Waals surface area contributed by atoms with E-state index in [9.17, 15) is 4.79 Å². The van der Waals surface area contributed by atoms with Gasteiger partial charge in [-0.05, 0) is 36.9 Å². The second-order valence-electron chi connectivity index (χ2n) is 7.12. The minimum Gasteiger partial charge on any atom is -0.324 e. The van der Waals surface area contributed by atoms with E-state index in [2.05, 4.69) is 40.5 Å². The molecule has 1 fully saturated rings. The zero-order valence-corrected chi connectivity index (χ0v) is 18.8. The van der Waals surface area contributed by atoms with Crippen LogP contribution in [0.2, 0.25) is 0 Å². The van der Waals surface area contributed by atoms with Crippen LogP contribution in [0.25, 0.3) is 0 Å². The first-order valence-corrected chi connectivity index (χ1v) is 9.75. The summed E-state index contributed by atoms with van der Waals surface area (Å²) in [6, 6.07) is 17.9. The van der Waals surface area contributed by atoms with Crippen LogP contribution in [-0.2, 0) is 11.3 Å². The summed E-state index contributed by atoms with van der Waals surface area (Å²) in [5.74, 6) is 0.0337. The van der Waals surface area contributed by atoms with Gasteiger partial charge >= 0.3 is 0 Å². The van der Waals surface area contributed by atoms with Crippen molar-refractivity contribution in [3.8, 4) is 0 Å². The molecule has 0 radical (unpaired) electrons. The first-order chi connectivity index (χ1) is 13.2. The monoisotopic (exact) mass is 438 g/mol. The number of benzene rings is 2. The highest BCUT2D eigenvalue weighted by Gasteiger charge is 2.29. The number of amides is 1. The normalized spacial score (nSPS) is 15.7. The van der Waals surface area contributed by atoms with Crippen LogP contribution >= 0.6 is 24.8 Å². The van der Waals surface area contributed by atoms with E-state index >= 15 is 0 Å². The number of carbonyl (C=O) groups excluding carboxylic acids is 1. The van der Waals surface area contributed by atoms with E-state index < -0.39 is 0 Å². The van der Waals surface area contributed by atoms with Gasteiger partial charge in [-0.3, -0.25) is 9.69 Å². The fraction of sp³-hybridized carbons (Fsp3) is 0.409. The van der Waals surface area contributed by atoms with Gasteiger partial charge in [0.2, 0.25) is 5.91 Å². The van der Waals surface area contributed by atoms with E-state index in [1.54, 1.807) is 0 Å². The quantitative estimate of drug-likeness (QED) is 0.693. The number of nitrogens with zero attached hydrogens (tertiary/aromatic N) is 2. The van der Waals surface area contributed by atoms with Gasteiger partial charge in [0, 0.05) is 38.4 Å². The fourth-order valence-corrected chi connectivity index (χ4v) is 3.48. The average molecular weight is 439 g/mol. The molecule has 2 aromatic carbocycles. The van der Waals surface area contributed by atoms with E-state index in [-0.39, 0.29) is 36.8 Å². The standard InChI is InChI=1S/C22H30N4O.2ClH/c1-3-23-17-18-8-7-11-20(16-18)24-22(27)21(19-9-5-4-6-10-19)26-14-12-25(2)13-15-26;;/h4-11,16,21,23H,3,12-15,17H2,1-2H3,(H,24,27);2*1H. The maximum Gasteiger partial charge on any atom is 0.246 e. The molecule has 1 saturated heterocycles. The average Bonchev–Trinajstić information content (AvgIpc) is 2.69. The molecule has 0 saturated carbocycles. The Morgan fingerprint density at radius 3 is 2.34 bits per heavy atom. The lowest BCUT2D eigenvalue weighted by molar-refractivity contribution is -0.122. The van der Waals surface area contributed by atoms with Gasteiger partial charge in [0.15, 0.2) is 0 Å². The molecule has 29 heavy (non-hydrogen) atoms. The number of rotatable bonds is 7. The SMILES string of the molecule is CCNCc1cccc(NC(=O)C(c2ccccc2)N2CCN(C)CC2)c1.Cl.Cl. The predicted octanol–water partition coefficient (Wildman–Crippen LogP) is 3.57. The van der Waals surface area contributed by atoms with Gasteiger partial charge in [-0.1, -0.05) is 49.4 Å². The van der Waals surface area contributed by atoms with E-state index in [0.717, 1.165) is 50.5 Å². The number of anilines is 1. The van der Waals surface area contributed by atoms with E-state index in [1.807, 2.05) is 48.5 Å². The van der Waals surface area contributed by atoms with Gasteiger partial charge in [-0.25, -0.2) is 0 Å². The molecule has 0 bridgehead atoms. The van der Waals surface area contributed by atoms with Crippen molar-refractivity contribution < 1.29 is 4.79 Å². The van der Waals surface area contributed by atoms with Crippen molar-refractivity contribution in [2.24, 2.45) is 0 Å². The molecule has 0 spiro atoms.